The third-order valence-electron chi connectivity index (χ3n) is 5.63. The van der Waals surface area contributed by atoms with Crippen molar-refractivity contribution in [3.63, 3.8) is 0 Å². The molecule has 0 aromatic carbocycles. The number of rotatable bonds is 9. The molecule has 2 heterocycles. The van der Waals surface area contributed by atoms with Gasteiger partial charge in [-0.05, 0) is 52.9 Å². The van der Waals surface area contributed by atoms with E-state index >= 15 is 0 Å². The van der Waals surface area contributed by atoms with Crippen LogP contribution in [-0.4, -0.2) is 75.9 Å². The van der Waals surface area contributed by atoms with Crippen LogP contribution < -0.4 is 0 Å². The minimum atomic E-state index is -5.56. The monoisotopic (exact) mass is 549 g/mol. The van der Waals surface area contributed by atoms with Crippen molar-refractivity contribution in [2.45, 2.75) is 102 Å². The summed E-state index contributed by atoms with van der Waals surface area (Å²) in [5.41, 5.74) is -0.704. The van der Waals surface area contributed by atoms with Crippen LogP contribution >= 0.6 is 0 Å². The lowest BCUT2D eigenvalue weighted by Gasteiger charge is -2.41. The van der Waals surface area contributed by atoms with E-state index in [1.165, 1.54) is 6.08 Å². The van der Waals surface area contributed by atoms with Crippen LogP contribution in [0.25, 0.3) is 0 Å². The van der Waals surface area contributed by atoms with Crippen molar-refractivity contribution < 1.29 is 45.2 Å². The summed E-state index contributed by atoms with van der Waals surface area (Å²) in [6, 6.07) is 0. The molecule has 12 heteroatoms. The molecule has 2 saturated heterocycles. The first-order valence-corrected chi connectivity index (χ1v) is 13.5. The summed E-state index contributed by atoms with van der Waals surface area (Å²) in [6.07, 6.45) is -3.10. The van der Waals surface area contributed by atoms with Gasteiger partial charge in [0.15, 0.2) is 4.75 Å². The molecule has 0 saturated carbocycles. The average Bonchev–Trinajstić information content (AvgIpc) is 2.81. The van der Waals surface area contributed by atoms with E-state index < -0.39 is 45.8 Å². The predicted octanol–water partition coefficient (Wildman–Crippen LogP) is 5.58. The van der Waals surface area contributed by atoms with Gasteiger partial charge < -0.3 is 14.2 Å². The zero-order valence-corrected chi connectivity index (χ0v) is 22.6. The van der Waals surface area contributed by atoms with E-state index in [4.69, 9.17) is 14.2 Å². The molecule has 0 N–H and O–H groups in total. The Balaban J connectivity index is 0.00000316. The van der Waals surface area contributed by atoms with Crippen molar-refractivity contribution in [1.29, 1.82) is 0 Å². The second-order valence-corrected chi connectivity index (χ2v) is 11.3. The van der Waals surface area contributed by atoms with Gasteiger partial charge >= 0.3 is 18.1 Å². The zero-order chi connectivity index (χ0) is 27.6. The van der Waals surface area contributed by atoms with Crippen LogP contribution in [0.1, 0.15) is 73.1 Å². The molecule has 0 aromatic heterocycles. The first-order valence-electron chi connectivity index (χ1n) is 12.4. The number of ether oxygens (including phenoxy) is 3. The third-order valence-corrected chi connectivity index (χ3v) is 7.71. The van der Waals surface area contributed by atoms with Gasteiger partial charge in [-0.2, -0.15) is 22.0 Å². The number of hydrogen-bond acceptors (Lipinski definition) is 5. The van der Waals surface area contributed by atoms with Gasteiger partial charge in [0, 0.05) is 32.7 Å². The molecule has 1 atom stereocenters. The molecule has 2 aliphatic rings. The molecule has 0 radical (unpaired) electrons. The minimum Gasteiger partial charge on any atom is -0.459 e. The molecule has 2 aliphatic heterocycles. The minimum absolute atomic E-state index is 0.148. The number of allylic oxidation sites excluding steroid dienone is 1. The summed E-state index contributed by atoms with van der Waals surface area (Å²) in [6.45, 7) is 11.0. The maximum Gasteiger partial charge on any atom is 0.453 e. The van der Waals surface area contributed by atoms with Gasteiger partial charge in [-0.1, -0.05) is 26.0 Å². The highest BCUT2D eigenvalue weighted by Gasteiger charge is 2.56. The number of halogens is 5. The lowest BCUT2D eigenvalue weighted by molar-refractivity contribution is -0.280. The number of piperidine rings is 1. The standard InChI is InChI=1S/C22H34F5NO5S.C2H6/c1-19(2,3)33-18(29)20(10-15-31-16-11-20)34(30)28-12-7-17(8-13-28)32-14-6-4-5-9-21(23,24)22(25,26)27;1-2/h4-5,17H,6-16H2,1-3H3;1-2H3/b5-4+;. The molecule has 6 nitrogen and oxygen atoms in total. The quantitative estimate of drug-likeness (QED) is 0.163. The molecule has 0 bridgehead atoms. The highest BCUT2D eigenvalue weighted by atomic mass is 32.2. The number of esters is 1. The molecule has 0 spiro atoms. The van der Waals surface area contributed by atoms with Crippen molar-refractivity contribution in [2.75, 3.05) is 32.9 Å². The Morgan fingerprint density at radius 1 is 1.06 bits per heavy atom. The van der Waals surface area contributed by atoms with E-state index in [1.807, 2.05) is 13.8 Å². The van der Waals surface area contributed by atoms with E-state index in [0.717, 1.165) is 6.08 Å². The van der Waals surface area contributed by atoms with E-state index in [2.05, 4.69) is 0 Å². The third kappa shape index (κ3) is 9.64. The summed E-state index contributed by atoms with van der Waals surface area (Å²) >= 11 is 0. The highest BCUT2D eigenvalue weighted by Crippen LogP contribution is 2.38. The molecule has 2 rings (SSSR count). The van der Waals surface area contributed by atoms with Crippen LogP contribution in [-0.2, 0) is 30.0 Å². The van der Waals surface area contributed by atoms with E-state index in [-0.39, 0.29) is 19.1 Å². The molecular formula is C24H40F5NO5S. The smallest absolute Gasteiger partial charge is 0.453 e. The topological polar surface area (TPSA) is 65.1 Å². The van der Waals surface area contributed by atoms with Crippen LogP contribution in [0.15, 0.2) is 12.2 Å². The molecular weight excluding hydrogens is 509 g/mol. The van der Waals surface area contributed by atoms with E-state index in [9.17, 15) is 31.0 Å². The Morgan fingerprint density at radius 3 is 2.11 bits per heavy atom. The van der Waals surface area contributed by atoms with Crippen LogP contribution in [0.5, 0.6) is 0 Å². The first-order chi connectivity index (χ1) is 16.7. The predicted molar refractivity (Wildman–Crippen MR) is 128 cm³/mol. The fourth-order valence-corrected chi connectivity index (χ4v) is 5.44. The van der Waals surface area contributed by atoms with Gasteiger partial charge in [-0.15, -0.1) is 0 Å². The molecule has 2 fully saturated rings. The normalized spacial score (nSPS) is 21.1. The van der Waals surface area contributed by atoms with Crippen molar-refractivity contribution in [1.82, 2.24) is 4.31 Å². The maximum atomic E-state index is 13.5. The molecule has 1 unspecified atom stereocenters. The fraction of sp³-hybridized carbons (Fsp3) is 0.875. The van der Waals surface area contributed by atoms with Gasteiger partial charge in [0.25, 0.3) is 0 Å². The summed E-state index contributed by atoms with van der Waals surface area (Å²) in [7, 11) is -1.61. The van der Waals surface area contributed by atoms with E-state index in [0.29, 0.717) is 52.0 Å². The van der Waals surface area contributed by atoms with Gasteiger partial charge in [0.05, 0.1) is 12.7 Å². The van der Waals surface area contributed by atoms with Crippen molar-refractivity contribution in [3.05, 3.63) is 12.2 Å². The van der Waals surface area contributed by atoms with E-state index in [1.54, 1.807) is 25.1 Å². The number of carbonyl (C=O) groups is 1. The Labute approximate surface area is 213 Å². The van der Waals surface area contributed by atoms with Crippen LogP contribution in [0.3, 0.4) is 0 Å². The van der Waals surface area contributed by atoms with Gasteiger partial charge in [-0.25, -0.2) is 8.51 Å². The van der Waals surface area contributed by atoms with Crippen molar-refractivity contribution in [2.24, 2.45) is 0 Å². The summed E-state index contributed by atoms with van der Waals surface area (Å²) in [5.74, 6) is -5.23. The molecule has 0 aliphatic carbocycles. The number of nitrogens with zero attached hydrogens (tertiary/aromatic N) is 1. The largest absolute Gasteiger partial charge is 0.459 e. The zero-order valence-electron chi connectivity index (χ0n) is 21.8. The Morgan fingerprint density at radius 2 is 1.61 bits per heavy atom. The maximum absolute atomic E-state index is 13.5. The van der Waals surface area contributed by atoms with Crippen molar-refractivity contribution >= 4 is 17.0 Å². The summed E-state index contributed by atoms with van der Waals surface area (Å²) < 4.78 is 92.9. The SMILES string of the molecule is CC.CC(C)(C)OC(=O)C1(S(=O)N2CCC(OCC/C=C/CC(F)(F)C(F)(F)F)CC2)CCOCC1. The van der Waals surface area contributed by atoms with Crippen molar-refractivity contribution in [3.8, 4) is 0 Å². The highest BCUT2D eigenvalue weighted by molar-refractivity contribution is 7.85. The Bertz CT molecular complexity index is 725. The van der Waals surface area contributed by atoms with Gasteiger partial charge in [-0.3, -0.25) is 4.79 Å². The molecule has 0 amide bonds. The Hall–Kier alpha value is -1.11. The second kappa shape index (κ2) is 14.2. The lowest BCUT2D eigenvalue weighted by Crippen LogP contribution is -2.56. The molecule has 0 aromatic rings. The van der Waals surface area contributed by atoms with Crippen LogP contribution in [0.4, 0.5) is 22.0 Å². The Kier molecular flexibility index (Phi) is 12.9. The number of carbonyl (C=O) groups excluding carboxylic acids is 1. The molecule has 212 valence electrons. The van der Waals surface area contributed by atoms with Gasteiger partial charge in [0.1, 0.15) is 16.6 Å². The number of alkyl halides is 5. The van der Waals surface area contributed by atoms with Gasteiger partial charge in [0.2, 0.25) is 0 Å². The first kappa shape index (κ1) is 32.9. The number of hydrogen-bond donors (Lipinski definition) is 0. The molecule has 36 heavy (non-hydrogen) atoms. The summed E-state index contributed by atoms with van der Waals surface area (Å²) in [4.78, 5) is 13.0. The average molecular weight is 550 g/mol. The van der Waals surface area contributed by atoms with Crippen LogP contribution in [0, 0.1) is 0 Å². The van der Waals surface area contributed by atoms with Crippen LogP contribution in [0.2, 0.25) is 0 Å². The summed E-state index contributed by atoms with van der Waals surface area (Å²) in [5, 5.41) is 0. The fourth-order valence-electron chi connectivity index (χ4n) is 3.70. The lowest BCUT2D eigenvalue weighted by atomic mass is 9.99. The second-order valence-electron chi connectivity index (χ2n) is 9.52.